The van der Waals surface area contributed by atoms with Gasteiger partial charge in [-0.05, 0) is 443 Å². The van der Waals surface area contributed by atoms with Gasteiger partial charge in [0.1, 0.15) is 0 Å². The summed E-state index contributed by atoms with van der Waals surface area (Å²) in [6.07, 6.45) is 68.9. The first kappa shape index (κ1) is 97.6. The first-order valence-corrected chi connectivity index (χ1v) is 52.7. The third kappa shape index (κ3) is 31.4. The minimum absolute atomic E-state index is 0.0286. The molecule has 0 bridgehead atoms. The first-order valence-electron chi connectivity index (χ1n) is 52.7. The van der Waals surface area contributed by atoms with Crippen LogP contribution in [0.5, 0.6) is 0 Å². The summed E-state index contributed by atoms with van der Waals surface area (Å²) in [5.74, 6) is 20.9. The molecule has 15 heteroatoms. The molecule has 12 aliphatic carbocycles. The van der Waals surface area contributed by atoms with Crippen molar-refractivity contribution in [1.29, 1.82) is 0 Å². The molecule has 0 N–H and O–H groups in total. The maximum Gasteiger partial charge on any atom is 0.266 e. The van der Waals surface area contributed by atoms with E-state index < -0.39 is 24.3 Å². The van der Waals surface area contributed by atoms with Crippen molar-refractivity contribution in [2.75, 3.05) is 46.2 Å². The molecule has 7 nitrogen and oxygen atoms in total. The third-order valence-corrected chi connectivity index (χ3v) is 37.1. The largest absolute Gasteiger partial charge is 0.378 e. The van der Waals surface area contributed by atoms with Gasteiger partial charge in [0.05, 0.1) is 52.4 Å². The molecule has 0 amide bonds. The lowest BCUT2D eigenvalue weighted by atomic mass is 9.67. The molecule has 2 unspecified atom stereocenters. The molecule has 700 valence electrons. The highest BCUT2D eigenvalue weighted by atomic mass is 19.3. The van der Waals surface area contributed by atoms with Gasteiger partial charge in [-0.3, -0.25) is 0 Å². The van der Waals surface area contributed by atoms with Gasteiger partial charge in [-0.15, -0.1) is 0 Å². The van der Waals surface area contributed by atoms with Gasteiger partial charge >= 0.3 is 0 Å². The summed E-state index contributed by atoms with van der Waals surface area (Å²) in [6, 6.07) is 0. The molecule has 0 aromatic heterocycles. The molecular weight excluding hydrogens is 1550 g/mol. The highest BCUT2D eigenvalue weighted by Crippen LogP contribution is 2.51. The summed E-state index contributed by atoms with van der Waals surface area (Å²) in [4.78, 5) is 0. The Labute approximate surface area is 737 Å². The Morgan fingerprint density at radius 1 is 0.180 bits per heavy atom. The van der Waals surface area contributed by atoms with E-state index in [0.29, 0.717) is 91.0 Å². The van der Waals surface area contributed by atoms with E-state index in [1.54, 1.807) is 0 Å². The second kappa shape index (κ2) is 51.2. The van der Waals surface area contributed by atoms with Crippen LogP contribution in [0, 0.1) is 166 Å². The first-order chi connectivity index (χ1) is 59.3. The van der Waals surface area contributed by atoms with E-state index in [0.717, 1.165) is 228 Å². The molecule has 4 saturated heterocycles. The summed E-state index contributed by atoms with van der Waals surface area (Å²) in [5.41, 5.74) is 0. The van der Waals surface area contributed by atoms with E-state index in [4.69, 9.17) is 33.2 Å². The summed E-state index contributed by atoms with van der Waals surface area (Å²) < 4.78 is 143. The normalized spacial score (nSPS) is 42.7. The SMILES string of the molecule is CC1CCC(C2CCC(C3CCC(C4CCC(CC=C(F)F)CC4)CC3)OC2)CC1.CC1CCC(C2COC(C3CCC(C4CCC(CC=C(F)F)CC4)CC3)OC2)CC1.CC1CCC(C2OCC(C3CCC(C4CCC(CC=C(F)F)CC4)CC3)CO2)CC1.CC1CCC(CCC2COC(C3CCC(C4CCC(CC=C(F)F)CC4)CC3)OC2)CC1. The van der Waals surface area contributed by atoms with Gasteiger partial charge in [0.2, 0.25) is 0 Å². The maximum atomic E-state index is 12.3. The minimum Gasteiger partial charge on any atom is -0.378 e. The van der Waals surface area contributed by atoms with Crippen molar-refractivity contribution in [3.8, 4) is 0 Å². The average Bonchev–Trinajstić information content (AvgIpc) is 0.830. The van der Waals surface area contributed by atoms with Crippen LogP contribution in [-0.2, 0) is 33.2 Å². The lowest BCUT2D eigenvalue weighted by Gasteiger charge is -2.42. The molecule has 0 radical (unpaired) electrons. The Morgan fingerprint density at radius 3 is 0.639 bits per heavy atom. The Kier molecular flexibility index (Phi) is 41.0. The van der Waals surface area contributed by atoms with E-state index in [1.807, 2.05) is 0 Å². The highest BCUT2D eigenvalue weighted by Gasteiger charge is 2.44. The monoisotopic (exact) mass is 1720 g/mol. The fourth-order valence-corrected chi connectivity index (χ4v) is 28.3. The van der Waals surface area contributed by atoms with Crippen molar-refractivity contribution in [2.24, 2.45) is 166 Å². The van der Waals surface area contributed by atoms with Crippen molar-refractivity contribution in [3.05, 3.63) is 48.6 Å². The van der Waals surface area contributed by atoms with Crippen molar-refractivity contribution in [2.45, 2.75) is 412 Å². The molecule has 0 aromatic carbocycles. The van der Waals surface area contributed by atoms with E-state index in [2.05, 4.69) is 27.7 Å². The lowest BCUT2D eigenvalue weighted by Crippen LogP contribution is -2.41. The molecule has 0 aromatic rings. The quantitative estimate of drug-likeness (QED) is 0.100. The van der Waals surface area contributed by atoms with Gasteiger partial charge in [0.15, 0.2) is 18.9 Å². The van der Waals surface area contributed by atoms with Crippen molar-refractivity contribution in [3.63, 3.8) is 0 Å². The molecule has 122 heavy (non-hydrogen) atoms. The van der Waals surface area contributed by atoms with Gasteiger partial charge in [-0.2, -0.15) is 35.1 Å². The molecule has 2 atom stereocenters. The highest BCUT2D eigenvalue weighted by molar-refractivity contribution is 4.96. The standard InChI is InChI=1S/C28H46F2O2.C27H44F2O.2C26H42F2O2/c1-20-2-4-21(5-3-20)6-7-23-18-31-28(32-19-23)26-15-13-25(14-16-26)24-11-8-22(9-12-24)10-17-27(29)30;1-19-2-7-23(8-3-19)25-15-16-26(30-18-25)24-13-11-22(12-14-24)21-9-4-20(5-10-21)6-17-27(28)29;1-18-2-7-23(8-3-18)26-29-16-24(17-30-26)22-13-11-21(12-14-22)20-9-4-19(5-10-20)6-15-25(27)28;1-18-2-7-22(8-3-18)24-16-29-26(30-17-24)23-13-11-21(12-14-23)20-9-4-19(5-10-20)6-15-25(27)28/h17,20-26,28H,2-16,18-19H2,1H3;17,19-26H,2-16,18H2,1H3;2*15,18-24,26H,2-14,16-17H2,1H3. The molecule has 16 aliphatic rings. The van der Waals surface area contributed by atoms with Gasteiger partial charge < -0.3 is 33.2 Å². The smallest absolute Gasteiger partial charge is 0.266 e. The van der Waals surface area contributed by atoms with Crippen LogP contribution in [0.3, 0.4) is 0 Å². The third-order valence-electron chi connectivity index (χ3n) is 37.1. The molecule has 4 heterocycles. The Hall–Kier alpha value is -1.88. The van der Waals surface area contributed by atoms with Gasteiger partial charge in [0, 0.05) is 35.5 Å². The zero-order valence-electron chi connectivity index (χ0n) is 77.2. The zero-order chi connectivity index (χ0) is 85.1. The van der Waals surface area contributed by atoms with Crippen LogP contribution in [0.4, 0.5) is 35.1 Å². The zero-order valence-corrected chi connectivity index (χ0v) is 77.2. The fourth-order valence-electron chi connectivity index (χ4n) is 28.3. The number of rotatable bonds is 22. The van der Waals surface area contributed by atoms with Gasteiger partial charge in [0.25, 0.3) is 24.3 Å². The molecule has 16 rings (SSSR count). The summed E-state index contributed by atoms with van der Waals surface area (Å²) >= 11 is 0. The number of hydrogen-bond donors (Lipinski definition) is 0. The van der Waals surface area contributed by atoms with Crippen molar-refractivity contribution in [1.82, 2.24) is 0 Å². The molecule has 12 saturated carbocycles. The lowest BCUT2D eigenvalue weighted by molar-refractivity contribution is -0.237. The number of hydrogen-bond acceptors (Lipinski definition) is 7. The van der Waals surface area contributed by atoms with E-state index >= 15 is 0 Å². The molecular formula is C107H174F8O7. The van der Waals surface area contributed by atoms with Gasteiger partial charge in [-0.1, -0.05) is 98.3 Å². The summed E-state index contributed by atoms with van der Waals surface area (Å²) in [7, 11) is 0. The summed E-state index contributed by atoms with van der Waals surface area (Å²) in [6.45, 7) is 16.0. The second-order valence-electron chi connectivity index (χ2n) is 45.2. The second-order valence-corrected chi connectivity index (χ2v) is 45.2. The summed E-state index contributed by atoms with van der Waals surface area (Å²) in [5, 5.41) is 0. The topological polar surface area (TPSA) is 64.6 Å². The predicted octanol–water partition coefficient (Wildman–Crippen LogP) is 31.9. The van der Waals surface area contributed by atoms with E-state index in [1.165, 1.54) is 283 Å². The average molecular weight is 1720 g/mol. The van der Waals surface area contributed by atoms with Crippen molar-refractivity contribution < 1.29 is 68.3 Å². The van der Waals surface area contributed by atoms with Crippen LogP contribution in [0.2, 0.25) is 0 Å². The Balaban J connectivity index is 0.000000140. The van der Waals surface area contributed by atoms with Gasteiger partial charge in [-0.25, -0.2) is 0 Å². The fraction of sp³-hybridized carbons (Fsp3) is 0.925. The number of allylic oxidation sites excluding steroid dienone is 4. The van der Waals surface area contributed by atoms with Crippen LogP contribution in [0.1, 0.15) is 387 Å². The van der Waals surface area contributed by atoms with Crippen molar-refractivity contribution >= 4 is 0 Å². The van der Waals surface area contributed by atoms with E-state index in [9.17, 15) is 35.1 Å². The van der Waals surface area contributed by atoms with Crippen LogP contribution in [-0.4, -0.2) is 71.2 Å². The number of halogens is 8. The van der Waals surface area contributed by atoms with E-state index in [-0.39, 0.29) is 18.9 Å². The van der Waals surface area contributed by atoms with Crippen LogP contribution in [0.15, 0.2) is 48.6 Å². The van der Waals surface area contributed by atoms with Crippen LogP contribution >= 0.6 is 0 Å². The molecule has 4 aliphatic heterocycles. The maximum absolute atomic E-state index is 12.3. The van der Waals surface area contributed by atoms with Crippen LogP contribution < -0.4 is 0 Å². The Bertz CT molecular complexity index is 2700. The molecule has 16 fully saturated rings. The Morgan fingerprint density at radius 2 is 0.369 bits per heavy atom. The molecule has 0 spiro atoms. The van der Waals surface area contributed by atoms with Crippen LogP contribution in [0.25, 0.3) is 0 Å². The number of ether oxygens (including phenoxy) is 7. The minimum atomic E-state index is -1.51. The predicted molar refractivity (Wildman–Crippen MR) is 477 cm³/mol.